The molecule has 6 nitrogen and oxygen atoms in total. The highest BCUT2D eigenvalue weighted by molar-refractivity contribution is 5.91. The molecule has 3 aromatic rings. The summed E-state index contributed by atoms with van der Waals surface area (Å²) in [5, 5.41) is 0. The smallest absolute Gasteiger partial charge is 0.275 e. The van der Waals surface area contributed by atoms with E-state index in [1.54, 1.807) is 19.2 Å². The minimum absolute atomic E-state index is 0.0729. The molecule has 0 spiro atoms. The van der Waals surface area contributed by atoms with Crippen molar-refractivity contribution in [2.24, 2.45) is 0 Å². The Balaban J connectivity index is 1.62. The van der Waals surface area contributed by atoms with Gasteiger partial charge in [-0.05, 0) is 43.7 Å². The molecule has 0 aliphatic carbocycles. The van der Waals surface area contributed by atoms with Gasteiger partial charge in [-0.3, -0.25) is 9.78 Å². The third-order valence-electron chi connectivity index (χ3n) is 3.86. The Morgan fingerprint density at radius 1 is 1.22 bits per heavy atom. The van der Waals surface area contributed by atoms with Crippen molar-refractivity contribution in [2.75, 3.05) is 7.05 Å². The Morgan fingerprint density at radius 2 is 2.00 bits per heavy atom. The molecule has 2 aromatic heterocycles. The fourth-order valence-corrected chi connectivity index (χ4v) is 2.69. The van der Waals surface area contributed by atoms with Gasteiger partial charge in [0.25, 0.3) is 5.91 Å². The number of oxazole rings is 1. The zero-order valence-electron chi connectivity index (χ0n) is 15.4. The van der Waals surface area contributed by atoms with Crippen LogP contribution in [0.4, 0.5) is 4.39 Å². The molecule has 0 fully saturated rings. The molecule has 0 unspecified atom stereocenters. The van der Waals surface area contributed by atoms with E-state index >= 15 is 0 Å². The fourth-order valence-electron chi connectivity index (χ4n) is 2.69. The topological polar surface area (TPSA) is 68.5 Å². The highest BCUT2D eigenvalue weighted by Gasteiger charge is 2.18. The van der Waals surface area contributed by atoms with Crippen LogP contribution in [0.25, 0.3) is 0 Å². The molecule has 0 radical (unpaired) electrons. The van der Waals surface area contributed by atoms with Gasteiger partial charge < -0.3 is 14.1 Å². The summed E-state index contributed by atoms with van der Waals surface area (Å²) in [5.41, 5.74) is 2.95. The summed E-state index contributed by atoms with van der Waals surface area (Å²) in [5.74, 6) is -0.473. The third kappa shape index (κ3) is 4.69. The Labute approximate surface area is 156 Å². The highest BCUT2D eigenvalue weighted by Crippen LogP contribution is 2.17. The Hall–Kier alpha value is -3.22. The molecular weight excluding hydrogens is 349 g/mol. The molecule has 0 aliphatic rings. The van der Waals surface area contributed by atoms with Crippen LogP contribution in [0.5, 0.6) is 5.75 Å². The molecule has 0 saturated carbocycles. The number of aromatic nitrogens is 2. The van der Waals surface area contributed by atoms with E-state index in [0.717, 1.165) is 17.0 Å². The van der Waals surface area contributed by atoms with Crippen LogP contribution < -0.4 is 4.74 Å². The summed E-state index contributed by atoms with van der Waals surface area (Å²) in [7, 11) is 1.67. The van der Waals surface area contributed by atoms with E-state index in [1.165, 1.54) is 23.3 Å². The minimum atomic E-state index is -0.471. The number of hydrogen-bond acceptors (Lipinski definition) is 5. The number of benzene rings is 1. The Kier molecular flexibility index (Phi) is 5.49. The van der Waals surface area contributed by atoms with Crippen LogP contribution in [0.1, 0.15) is 33.3 Å². The quantitative estimate of drug-likeness (QED) is 0.663. The van der Waals surface area contributed by atoms with Crippen LogP contribution in [0.3, 0.4) is 0 Å². The summed E-state index contributed by atoms with van der Waals surface area (Å²) in [6, 6.07) is 9.96. The van der Waals surface area contributed by atoms with E-state index in [4.69, 9.17) is 9.15 Å². The van der Waals surface area contributed by atoms with E-state index in [0.29, 0.717) is 6.54 Å². The lowest BCUT2D eigenvalue weighted by Crippen LogP contribution is -2.27. The number of nitrogens with zero attached hydrogens (tertiary/aromatic N) is 3. The summed E-state index contributed by atoms with van der Waals surface area (Å²) in [6.45, 7) is 4.18. The van der Waals surface area contributed by atoms with Gasteiger partial charge in [-0.15, -0.1) is 0 Å². The average Bonchev–Trinajstić information content (AvgIpc) is 3.08. The largest absolute Gasteiger partial charge is 0.481 e. The van der Waals surface area contributed by atoms with Gasteiger partial charge in [-0.1, -0.05) is 12.1 Å². The second-order valence-corrected chi connectivity index (χ2v) is 6.28. The summed E-state index contributed by atoms with van der Waals surface area (Å²) < 4.78 is 24.1. The van der Waals surface area contributed by atoms with E-state index in [-0.39, 0.29) is 29.8 Å². The van der Waals surface area contributed by atoms with Crippen molar-refractivity contribution in [3.8, 4) is 5.75 Å². The Morgan fingerprint density at radius 3 is 2.74 bits per heavy atom. The fraction of sp³-hybridized carbons (Fsp3) is 0.250. The van der Waals surface area contributed by atoms with Crippen molar-refractivity contribution in [1.82, 2.24) is 14.9 Å². The number of carbonyl (C=O) groups excluding carboxylic acids is 1. The van der Waals surface area contributed by atoms with E-state index in [2.05, 4.69) is 9.97 Å². The van der Waals surface area contributed by atoms with Gasteiger partial charge in [0.2, 0.25) is 5.89 Å². The lowest BCUT2D eigenvalue weighted by molar-refractivity contribution is 0.0777. The standard InChI is InChI=1S/C20H20FN3O3/c1-13-8-14(2)22-15(9-13)10-24(3)20(25)17-11-27-19(23-17)12-26-18-7-5-4-6-16(18)21/h4-9,11H,10,12H2,1-3H3. The maximum atomic E-state index is 13.6. The number of hydrogen-bond donors (Lipinski definition) is 0. The van der Waals surface area contributed by atoms with Crippen LogP contribution in [-0.2, 0) is 13.2 Å². The first-order chi connectivity index (χ1) is 12.9. The van der Waals surface area contributed by atoms with Crippen LogP contribution in [0.2, 0.25) is 0 Å². The number of aryl methyl sites for hydroxylation is 2. The molecule has 0 atom stereocenters. The molecule has 0 saturated heterocycles. The molecule has 1 amide bonds. The van der Waals surface area contributed by atoms with Gasteiger partial charge in [0.15, 0.2) is 23.9 Å². The number of ether oxygens (including phenoxy) is 1. The first kappa shape index (κ1) is 18.6. The minimum Gasteiger partial charge on any atom is -0.481 e. The third-order valence-corrected chi connectivity index (χ3v) is 3.86. The van der Waals surface area contributed by atoms with Gasteiger partial charge in [-0.25, -0.2) is 9.37 Å². The second-order valence-electron chi connectivity index (χ2n) is 6.28. The number of pyridine rings is 1. The lowest BCUT2D eigenvalue weighted by Gasteiger charge is -2.15. The van der Waals surface area contributed by atoms with E-state index < -0.39 is 5.82 Å². The van der Waals surface area contributed by atoms with E-state index in [1.807, 2.05) is 26.0 Å². The summed E-state index contributed by atoms with van der Waals surface area (Å²) in [4.78, 5) is 22.6. The SMILES string of the molecule is Cc1cc(C)nc(CN(C)C(=O)c2coc(COc3ccccc3F)n2)c1. The second kappa shape index (κ2) is 7.99. The number of rotatable bonds is 6. The Bertz CT molecular complexity index is 935. The molecule has 7 heteroatoms. The monoisotopic (exact) mass is 369 g/mol. The zero-order chi connectivity index (χ0) is 19.4. The first-order valence-corrected chi connectivity index (χ1v) is 8.44. The van der Waals surface area contributed by atoms with Gasteiger partial charge >= 0.3 is 0 Å². The van der Waals surface area contributed by atoms with Crippen molar-refractivity contribution in [3.63, 3.8) is 0 Å². The number of para-hydroxylation sites is 1. The summed E-state index contributed by atoms with van der Waals surface area (Å²) >= 11 is 0. The van der Waals surface area contributed by atoms with Gasteiger partial charge in [0.1, 0.15) is 6.26 Å². The molecule has 27 heavy (non-hydrogen) atoms. The molecule has 1 aromatic carbocycles. The predicted molar refractivity (Wildman–Crippen MR) is 96.7 cm³/mol. The molecule has 3 rings (SSSR count). The highest BCUT2D eigenvalue weighted by atomic mass is 19.1. The molecule has 2 heterocycles. The van der Waals surface area contributed by atoms with Crippen molar-refractivity contribution < 1.29 is 18.3 Å². The van der Waals surface area contributed by atoms with Gasteiger partial charge in [-0.2, -0.15) is 0 Å². The number of halogens is 1. The molecule has 0 aliphatic heterocycles. The van der Waals surface area contributed by atoms with Crippen LogP contribution in [-0.4, -0.2) is 27.8 Å². The van der Waals surface area contributed by atoms with Gasteiger partial charge in [0, 0.05) is 12.7 Å². The predicted octanol–water partition coefficient (Wildman–Crippen LogP) is 3.68. The average molecular weight is 369 g/mol. The maximum absolute atomic E-state index is 13.6. The molecule has 0 N–H and O–H groups in total. The van der Waals surface area contributed by atoms with E-state index in [9.17, 15) is 9.18 Å². The van der Waals surface area contributed by atoms with Crippen LogP contribution >= 0.6 is 0 Å². The molecule has 140 valence electrons. The zero-order valence-corrected chi connectivity index (χ0v) is 15.4. The number of carbonyl (C=O) groups is 1. The summed E-state index contributed by atoms with van der Waals surface area (Å²) in [6.07, 6.45) is 1.27. The normalized spacial score (nSPS) is 10.7. The molecule has 0 bridgehead atoms. The first-order valence-electron chi connectivity index (χ1n) is 8.44. The van der Waals surface area contributed by atoms with Crippen LogP contribution in [0.15, 0.2) is 47.1 Å². The van der Waals surface area contributed by atoms with Crippen molar-refractivity contribution >= 4 is 5.91 Å². The van der Waals surface area contributed by atoms with Gasteiger partial charge in [0.05, 0.1) is 12.2 Å². The van der Waals surface area contributed by atoms with Crippen molar-refractivity contribution in [2.45, 2.75) is 27.0 Å². The molecular formula is C20H20FN3O3. The van der Waals surface area contributed by atoms with Crippen molar-refractivity contribution in [1.29, 1.82) is 0 Å². The lowest BCUT2D eigenvalue weighted by atomic mass is 10.2. The van der Waals surface area contributed by atoms with Crippen LogP contribution in [0, 0.1) is 19.7 Å². The maximum Gasteiger partial charge on any atom is 0.275 e. The number of amides is 1. The van der Waals surface area contributed by atoms with Crippen molar-refractivity contribution in [3.05, 3.63) is 77.0 Å².